The van der Waals surface area contributed by atoms with E-state index in [0.29, 0.717) is 5.82 Å². The highest BCUT2D eigenvalue weighted by Gasteiger charge is 2.22. The number of hydrogen-bond acceptors (Lipinski definition) is 4. The molecule has 0 bridgehead atoms. The standard InChI is InChI=1S/C46H28N2OS/c1-3-14-29(15-4-1)31-18-7-8-19-32(31)39-28-40(48-46(47-39)30-16-5-2-6-17-30)37-27-26-34(43-38-21-9-11-24-41(38)49-44(37)43)36-23-13-22-35-33-20-10-12-25-42(33)50-45(35)36/h1-28H. The van der Waals surface area contributed by atoms with Crippen molar-refractivity contribution in [1.82, 2.24) is 9.97 Å². The molecule has 0 fully saturated rings. The van der Waals surface area contributed by atoms with Gasteiger partial charge in [0.15, 0.2) is 5.82 Å². The van der Waals surface area contributed by atoms with Gasteiger partial charge in [-0.2, -0.15) is 0 Å². The van der Waals surface area contributed by atoms with Crippen molar-refractivity contribution in [3.05, 3.63) is 170 Å². The quantitative estimate of drug-likeness (QED) is 0.185. The molecule has 10 aromatic rings. The second kappa shape index (κ2) is 11.7. The van der Waals surface area contributed by atoms with Crippen LogP contribution in [0.5, 0.6) is 0 Å². The Morgan fingerprint density at radius 3 is 1.84 bits per heavy atom. The van der Waals surface area contributed by atoms with E-state index < -0.39 is 0 Å². The highest BCUT2D eigenvalue weighted by atomic mass is 32.1. The summed E-state index contributed by atoms with van der Waals surface area (Å²) in [5.74, 6) is 0.671. The van der Waals surface area contributed by atoms with Crippen molar-refractivity contribution in [1.29, 1.82) is 0 Å². The van der Waals surface area contributed by atoms with Crippen LogP contribution in [0.4, 0.5) is 0 Å². The van der Waals surface area contributed by atoms with Gasteiger partial charge in [-0.1, -0.05) is 146 Å². The van der Waals surface area contributed by atoms with Crippen LogP contribution in [0.25, 0.3) is 98.3 Å². The summed E-state index contributed by atoms with van der Waals surface area (Å²) in [6.07, 6.45) is 0. The molecule has 3 nitrogen and oxygen atoms in total. The lowest BCUT2D eigenvalue weighted by Gasteiger charge is -2.14. The number of hydrogen-bond donors (Lipinski definition) is 0. The molecule has 3 heterocycles. The van der Waals surface area contributed by atoms with Crippen molar-refractivity contribution in [3.63, 3.8) is 0 Å². The molecule has 234 valence electrons. The summed E-state index contributed by atoms with van der Waals surface area (Å²) in [7, 11) is 0. The molecule has 0 atom stereocenters. The number of nitrogens with zero attached hydrogens (tertiary/aromatic N) is 2. The van der Waals surface area contributed by atoms with E-state index in [0.717, 1.165) is 66.7 Å². The largest absolute Gasteiger partial charge is 0.455 e. The number of thiophene rings is 1. The van der Waals surface area contributed by atoms with Crippen LogP contribution in [0.2, 0.25) is 0 Å². The van der Waals surface area contributed by atoms with Gasteiger partial charge in [-0.15, -0.1) is 11.3 Å². The number of furan rings is 1. The van der Waals surface area contributed by atoms with E-state index in [-0.39, 0.29) is 0 Å². The molecule has 3 aromatic heterocycles. The minimum atomic E-state index is 0.671. The minimum Gasteiger partial charge on any atom is -0.455 e. The van der Waals surface area contributed by atoms with Crippen LogP contribution in [-0.4, -0.2) is 9.97 Å². The first kappa shape index (κ1) is 28.6. The van der Waals surface area contributed by atoms with E-state index >= 15 is 0 Å². The molecule has 0 aliphatic carbocycles. The summed E-state index contributed by atoms with van der Waals surface area (Å²) >= 11 is 1.85. The van der Waals surface area contributed by atoms with Crippen LogP contribution in [0.1, 0.15) is 0 Å². The topological polar surface area (TPSA) is 38.9 Å². The summed E-state index contributed by atoms with van der Waals surface area (Å²) in [5, 5.41) is 4.74. The van der Waals surface area contributed by atoms with Crippen molar-refractivity contribution in [2.24, 2.45) is 0 Å². The fraction of sp³-hybridized carbons (Fsp3) is 0. The average molecular weight is 657 g/mol. The molecule has 10 rings (SSSR count). The number of fused-ring (bicyclic) bond motifs is 6. The van der Waals surface area contributed by atoms with Gasteiger partial charge in [-0.25, -0.2) is 9.97 Å². The molecule has 4 heteroatoms. The summed E-state index contributed by atoms with van der Waals surface area (Å²) in [6, 6.07) is 59.4. The maximum atomic E-state index is 6.80. The number of rotatable bonds is 5. The van der Waals surface area contributed by atoms with E-state index in [1.54, 1.807) is 0 Å². The Kier molecular flexibility index (Phi) is 6.68. The normalized spacial score (nSPS) is 11.6. The Morgan fingerprint density at radius 1 is 0.420 bits per heavy atom. The zero-order chi connectivity index (χ0) is 33.0. The fourth-order valence-corrected chi connectivity index (χ4v) is 8.46. The zero-order valence-electron chi connectivity index (χ0n) is 26.9. The predicted octanol–water partition coefficient (Wildman–Crippen LogP) is 13.1. The lowest BCUT2D eigenvalue weighted by molar-refractivity contribution is 0.670. The first-order chi connectivity index (χ1) is 24.8. The molecule has 0 aliphatic heterocycles. The Labute approximate surface area is 292 Å². The van der Waals surface area contributed by atoms with Crippen molar-refractivity contribution >= 4 is 53.4 Å². The molecule has 0 N–H and O–H groups in total. The third kappa shape index (κ3) is 4.65. The SMILES string of the molecule is c1ccc(-c2nc(-c3ccccc3-c3ccccc3)cc(-c3ccc(-c4cccc5c4sc4ccccc45)c4c3oc3ccccc34)n2)cc1. The van der Waals surface area contributed by atoms with E-state index in [1.807, 2.05) is 41.7 Å². The lowest BCUT2D eigenvalue weighted by Crippen LogP contribution is -1.97. The van der Waals surface area contributed by atoms with Gasteiger partial charge in [-0.3, -0.25) is 0 Å². The first-order valence-electron chi connectivity index (χ1n) is 16.7. The maximum Gasteiger partial charge on any atom is 0.160 e. The molecule has 0 unspecified atom stereocenters. The van der Waals surface area contributed by atoms with Crippen LogP contribution in [0.3, 0.4) is 0 Å². The molecule has 0 saturated heterocycles. The van der Waals surface area contributed by atoms with E-state index in [4.69, 9.17) is 14.4 Å². The molecule has 0 spiro atoms. The summed E-state index contributed by atoms with van der Waals surface area (Å²) in [4.78, 5) is 10.4. The monoisotopic (exact) mass is 656 g/mol. The van der Waals surface area contributed by atoms with Crippen LogP contribution < -0.4 is 0 Å². The van der Waals surface area contributed by atoms with Crippen LogP contribution in [-0.2, 0) is 0 Å². The Balaban J connectivity index is 1.25. The van der Waals surface area contributed by atoms with Crippen molar-refractivity contribution in [2.45, 2.75) is 0 Å². The van der Waals surface area contributed by atoms with Gasteiger partial charge in [0, 0.05) is 53.2 Å². The molecular formula is C46H28N2OS. The Morgan fingerprint density at radius 2 is 1.02 bits per heavy atom. The smallest absolute Gasteiger partial charge is 0.160 e. The van der Waals surface area contributed by atoms with Crippen molar-refractivity contribution in [3.8, 4) is 56.2 Å². The van der Waals surface area contributed by atoms with E-state index in [9.17, 15) is 0 Å². The van der Waals surface area contributed by atoms with Gasteiger partial charge in [0.05, 0.1) is 11.4 Å². The minimum absolute atomic E-state index is 0.671. The molecule has 7 aromatic carbocycles. The summed E-state index contributed by atoms with van der Waals surface area (Å²) < 4.78 is 9.37. The lowest BCUT2D eigenvalue weighted by atomic mass is 9.94. The number of para-hydroxylation sites is 1. The number of aromatic nitrogens is 2. The highest BCUT2D eigenvalue weighted by molar-refractivity contribution is 7.26. The Bertz CT molecular complexity index is 2870. The highest BCUT2D eigenvalue weighted by Crippen LogP contribution is 2.46. The Hall–Kier alpha value is -6.36. The van der Waals surface area contributed by atoms with Gasteiger partial charge in [0.1, 0.15) is 11.2 Å². The molecule has 0 radical (unpaired) electrons. The van der Waals surface area contributed by atoms with Gasteiger partial charge in [0.2, 0.25) is 0 Å². The third-order valence-corrected chi connectivity index (χ3v) is 10.8. The van der Waals surface area contributed by atoms with Crippen LogP contribution in [0, 0.1) is 0 Å². The second-order valence-corrected chi connectivity index (χ2v) is 13.5. The number of benzene rings is 7. The molecule has 50 heavy (non-hydrogen) atoms. The molecule has 0 amide bonds. The maximum absolute atomic E-state index is 6.80. The molecule has 0 aliphatic rings. The van der Waals surface area contributed by atoms with Gasteiger partial charge < -0.3 is 4.42 Å². The van der Waals surface area contributed by atoms with E-state index in [1.165, 1.54) is 25.7 Å². The summed E-state index contributed by atoms with van der Waals surface area (Å²) in [5.41, 5.74) is 10.9. The van der Waals surface area contributed by atoms with Crippen LogP contribution >= 0.6 is 11.3 Å². The molecular weight excluding hydrogens is 629 g/mol. The molecule has 0 saturated carbocycles. The van der Waals surface area contributed by atoms with Gasteiger partial charge in [0.25, 0.3) is 0 Å². The predicted molar refractivity (Wildman–Crippen MR) is 209 cm³/mol. The van der Waals surface area contributed by atoms with E-state index in [2.05, 4.69) is 140 Å². The second-order valence-electron chi connectivity index (χ2n) is 12.5. The van der Waals surface area contributed by atoms with Gasteiger partial charge >= 0.3 is 0 Å². The summed E-state index contributed by atoms with van der Waals surface area (Å²) in [6.45, 7) is 0. The van der Waals surface area contributed by atoms with Crippen molar-refractivity contribution < 1.29 is 4.42 Å². The van der Waals surface area contributed by atoms with Crippen LogP contribution in [0.15, 0.2) is 174 Å². The van der Waals surface area contributed by atoms with Crippen molar-refractivity contribution in [2.75, 3.05) is 0 Å². The average Bonchev–Trinajstić information content (AvgIpc) is 3.77. The third-order valence-electron chi connectivity index (χ3n) is 9.54. The fourth-order valence-electron chi connectivity index (χ4n) is 7.23. The van der Waals surface area contributed by atoms with Gasteiger partial charge in [-0.05, 0) is 41.0 Å². The zero-order valence-corrected chi connectivity index (χ0v) is 27.7. The first-order valence-corrected chi connectivity index (χ1v) is 17.6.